The lowest BCUT2D eigenvalue weighted by Crippen LogP contribution is -1.99. The van der Waals surface area contributed by atoms with Crippen molar-refractivity contribution in [2.45, 2.75) is 13.5 Å². The fraction of sp³-hybridized carbons (Fsp3) is 0.111. The van der Waals surface area contributed by atoms with Crippen LogP contribution < -0.4 is 5.32 Å². The highest BCUT2D eigenvalue weighted by Gasteiger charge is 1.99. The van der Waals surface area contributed by atoms with Gasteiger partial charge in [-0.2, -0.15) is 0 Å². The molecule has 0 unspecified atom stereocenters. The summed E-state index contributed by atoms with van der Waals surface area (Å²) >= 11 is 3.52. The summed E-state index contributed by atoms with van der Waals surface area (Å²) in [5, 5.41) is 6.05. The maximum Gasteiger partial charge on any atom is 0.0401 e. The number of benzene rings is 3. The van der Waals surface area contributed by atoms with Gasteiger partial charge in [-0.15, -0.1) is 0 Å². The van der Waals surface area contributed by atoms with Crippen molar-refractivity contribution in [1.29, 1.82) is 0 Å². The summed E-state index contributed by atoms with van der Waals surface area (Å²) in [5.41, 5.74) is 3.69. The number of hydrogen-bond acceptors (Lipinski definition) is 1. The summed E-state index contributed by atoms with van der Waals surface area (Å²) in [4.78, 5) is 0. The van der Waals surface area contributed by atoms with Gasteiger partial charge in [0.05, 0.1) is 0 Å². The molecule has 0 aliphatic rings. The van der Waals surface area contributed by atoms with Crippen LogP contribution in [0.25, 0.3) is 10.8 Å². The molecule has 3 aromatic carbocycles. The van der Waals surface area contributed by atoms with Gasteiger partial charge in [-0.1, -0.05) is 52.3 Å². The SMILES string of the molecule is Cc1cc(NCc2ccc3ccccc3c2)ccc1Br. The summed E-state index contributed by atoms with van der Waals surface area (Å²) in [5.74, 6) is 0. The van der Waals surface area contributed by atoms with Crippen LogP contribution in [0.1, 0.15) is 11.1 Å². The molecule has 0 atom stereocenters. The summed E-state index contributed by atoms with van der Waals surface area (Å²) in [7, 11) is 0. The third-order valence-electron chi connectivity index (χ3n) is 3.47. The molecular weight excluding hydrogens is 310 g/mol. The first-order chi connectivity index (χ1) is 9.72. The van der Waals surface area contributed by atoms with Gasteiger partial charge in [-0.25, -0.2) is 0 Å². The largest absolute Gasteiger partial charge is 0.381 e. The Balaban J connectivity index is 1.77. The van der Waals surface area contributed by atoms with E-state index < -0.39 is 0 Å². The first-order valence-corrected chi connectivity index (χ1v) is 7.49. The first kappa shape index (κ1) is 13.2. The lowest BCUT2D eigenvalue weighted by Gasteiger charge is -2.09. The third kappa shape index (κ3) is 2.86. The van der Waals surface area contributed by atoms with Gasteiger partial charge >= 0.3 is 0 Å². The van der Waals surface area contributed by atoms with E-state index >= 15 is 0 Å². The van der Waals surface area contributed by atoms with Crippen LogP contribution in [0, 0.1) is 6.92 Å². The molecule has 100 valence electrons. The molecule has 1 nitrogen and oxygen atoms in total. The van der Waals surface area contributed by atoms with Crippen LogP contribution in [0.2, 0.25) is 0 Å². The summed E-state index contributed by atoms with van der Waals surface area (Å²) in [6.45, 7) is 2.94. The molecule has 0 spiro atoms. The molecule has 1 N–H and O–H groups in total. The molecule has 3 aromatic rings. The van der Waals surface area contributed by atoms with Crippen molar-refractivity contribution in [2.75, 3.05) is 5.32 Å². The lowest BCUT2D eigenvalue weighted by atomic mass is 10.1. The highest BCUT2D eigenvalue weighted by atomic mass is 79.9. The quantitative estimate of drug-likeness (QED) is 0.668. The molecule has 20 heavy (non-hydrogen) atoms. The average molecular weight is 326 g/mol. The molecule has 0 heterocycles. The van der Waals surface area contributed by atoms with E-state index in [0.717, 1.165) is 16.7 Å². The molecule has 0 saturated heterocycles. The predicted molar refractivity (Wildman–Crippen MR) is 90.2 cm³/mol. The Labute approximate surface area is 127 Å². The lowest BCUT2D eigenvalue weighted by molar-refractivity contribution is 1.15. The predicted octanol–water partition coefficient (Wildman–Crippen LogP) is 5.52. The number of halogens is 1. The van der Waals surface area contributed by atoms with Crippen LogP contribution >= 0.6 is 15.9 Å². The molecular formula is C18H16BrN. The van der Waals surface area contributed by atoms with Crippen molar-refractivity contribution < 1.29 is 0 Å². The van der Waals surface area contributed by atoms with E-state index in [1.807, 2.05) is 0 Å². The van der Waals surface area contributed by atoms with Gasteiger partial charge in [-0.05, 0) is 53.1 Å². The Morgan fingerprint density at radius 3 is 2.50 bits per heavy atom. The second-order valence-corrected chi connectivity index (χ2v) is 5.85. The fourth-order valence-electron chi connectivity index (χ4n) is 2.31. The van der Waals surface area contributed by atoms with Crippen LogP contribution in [-0.2, 0) is 6.54 Å². The number of anilines is 1. The molecule has 0 saturated carbocycles. The molecule has 0 aliphatic heterocycles. The fourth-order valence-corrected chi connectivity index (χ4v) is 2.55. The number of aryl methyl sites for hydroxylation is 1. The Morgan fingerprint density at radius 2 is 1.70 bits per heavy atom. The van der Waals surface area contributed by atoms with Gasteiger partial charge in [0.15, 0.2) is 0 Å². The van der Waals surface area contributed by atoms with E-state index in [1.165, 1.54) is 21.9 Å². The topological polar surface area (TPSA) is 12.0 Å². The van der Waals surface area contributed by atoms with Crippen molar-refractivity contribution >= 4 is 32.4 Å². The van der Waals surface area contributed by atoms with Gasteiger partial charge in [0, 0.05) is 16.7 Å². The summed E-state index contributed by atoms with van der Waals surface area (Å²) in [6.07, 6.45) is 0. The van der Waals surface area contributed by atoms with Gasteiger partial charge in [0.2, 0.25) is 0 Å². The van der Waals surface area contributed by atoms with Gasteiger partial charge in [0.25, 0.3) is 0 Å². The monoisotopic (exact) mass is 325 g/mol. The molecule has 0 fully saturated rings. The zero-order valence-corrected chi connectivity index (χ0v) is 12.9. The van der Waals surface area contributed by atoms with Crippen LogP contribution in [0.4, 0.5) is 5.69 Å². The number of hydrogen-bond donors (Lipinski definition) is 1. The van der Waals surface area contributed by atoms with Crippen molar-refractivity contribution in [3.63, 3.8) is 0 Å². The third-order valence-corrected chi connectivity index (χ3v) is 4.36. The second-order valence-electron chi connectivity index (χ2n) is 5.00. The molecule has 0 aliphatic carbocycles. The minimum Gasteiger partial charge on any atom is -0.381 e. The van der Waals surface area contributed by atoms with Crippen LogP contribution in [0.15, 0.2) is 65.1 Å². The molecule has 3 rings (SSSR count). The molecule has 0 radical (unpaired) electrons. The maximum absolute atomic E-state index is 3.52. The van der Waals surface area contributed by atoms with E-state index in [9.17, 15) is 0 Å². The normalized spacial score (nSPS) is 10.7. The number of nitrogens with one attached hydrogen (secondary N) is 1. The minimum atomic E-state index is 0.839. The van der Waals surface area contributed by atoms with E-state index in [2.05, 4.69) is 88.8 Å². The van der Waals surface area contributed by atoms with Crippen molar-refractivity contribution in [1.82, 2.24) is 0 Å². The Hall–Kier alpha value is -1.80. The Morgan fingerprint density at radius 1 is 0.900 bits per heavy atom. The Kier molecular flexibility index (Phi) is 3.75. The van der Waals surface area contributed by atoms with Gasteiger partial charge in [0.1, 0.15) is 0 Å². The minimum absolute atomic E-state index is 0.839. The summed E-state index contributed by atoms with van der Waals surface area (Å²) in [6, 6.07) is 21.4. The van der Waals surface area contributed by atoms with E-state index in [4.69, 9.17) is 0 Å². The number of fused-ring (bicyclic) bond motifs is 1. The number of rotatable bonds is 3. The summed E-state index contributed by atoms with van der Waals surface area (Å²) < 4.78 is 1.15. The Bertz CT molecular complexity index is 749. The van der Waals surface area contributed by atoms with E-state index in [0.29, 0.717) is 0 Å². The molecule has 0 bridgehead atoms. The van der Waals surface area contributed by atoms with E-state index in [-0.39, 0.29) is 0 Å². The van der Waals surface area contributed by atoms with Crippen molar-refractivity contribution in [3.05, 3.63) is 76.3 Å². The van der Waals surface area contributed by atoms with Crippen LogP contribution in [0.3, 0.4) is 0 Å². The molecule has 0 amide bonds. The highest BCUT2D eigenvalue weighted by Crippen LogP contribution is 2.21. The molecule has 0 aromatic heterocycles. The first-order valence-electron chi connectivity index (χ1n) is 6.70. The standard InChI is InChI=1S/C18H16BrN/c1-13-10-17(8-9-18(13)19)20-12-14-6-7-15-4-2-3-5-16(15)11-14/h2-11,20H,12H2,1H3. The van der Waals surface area contributed by atoms with Gasteiger partial charge in [-0.3, -0.25) is 0 Å². The van der Waals surface area contributed by atoms with Crippen molar-refractivity contribution in [3.8, 4) is 0 Å². The second kappa shape index (κ2) is 5.68. The smallest absolute Gasteiger partial charge is 0.0401 e. The van der Waals surface area contributed by atoms with Crippen LogP contribution in [0.5, 0.6) is 0 Å². The zero-order chi connectivity index (χ0) is 13.9. The van der Waals surface area contributed by atoms with Gasteiger partial charge < -0.3 is 5.32 Å². The van der Waals surface area contributed by atoms with E-state index in [1.54, 1.807) is 0 Å². The zero-order valence-electron chi connectivity index (χ0n) is 11.4. The average Bonchev–Trinajstić information content (AvgIpc) is 2.48. The van der Waals surface area contributed by atoms with Crippen LogP contribution in [-0.4, -0.2) is 0 Å². The highest BCUT2D eigenvalue weighted by molar-refractivity contribution is 9.10. The van der Waals surface area contributed by atoms with Crippen molar-refractivity contribution in [2.24, 2.45) is 0 Å². The maximum atomic E-state index is 3.52. The molecule has 2 heteroatoms.